The molecule has 0 saturated carbocycles. The number of hydrogen-bond acceptors (Lipinski definition) is 4. The second kappa shape index (κ2) is 9.79. The fraction of sp³-hybridized carbons (Fsp3) is 0.737. The molecule has 2 N–H and O–H groups in total. The molecule has 0 spiro atoms. The molecule has 1 rings (SSSR count). The topological polar surface area (TPSA) is 83.2 Å². The summed E-state index contributed by atoms with van der Waals surface area (Å²) in [5.74, 6) is 3.40. The second-order valence-electron chi connectivity index (χ2n) is 7.40. The number of nitrogens with zero attached hydrogens (tertiary/aromatic N) is 5. The van der Waals surface area contributed by atoms with Crippen molar-refractivity contribution in [3.8, 4) is 6.07 Å². The lowest BCUT2D eigenvalue weighted by Crippen LogP contribution is -2.46. The Balaban J connectivity index is 3.03. The van der Waals surface area contributed by atoms with Crippen LogP contribution in [0.4, 0.5) is 8.78 Å². The summed E-state index contributed by atoms with van der Waals surface area (Å²) in [5, 5.41) is 14.6. The van der Waals surface area contributed by atoms with Crippen LogP contribution in [0, 0.1) is 17.2 Å². The zero-order valence-corrected chi connectivity index (χ0v) is 17.2. The third kappa shape index (κ3) is 6.58. The first-order valence-electron chi connectivity index (χ1n) is 9.48. The molecule has 0 bridgehead atoms. The first kappa shape index (κ1) is 23.0. The van der Waals surface area contributed by atoms with E-state index in [-0.39, 0.29) is 18.0 Å². The van der Waals surface area contributed by atoms with Gasteiger partial charge >= 0.3 is 0 Å². The van der Waals surface area contributed by atoms with Gasteiger partial charge in [-0.1, -0.05) is 27.7 Å². The summed E-state index contributed by atoms with van der Waals surface area (Å²) in [6, 6.07) is 2.12. The van der Waals surface area contributed by atoms with Gasteiger partial charge in [-0.25, -0.2) is 14.6 Å². The van der Waals surface area contributed by atoms with E-state index in [0.29, 0.717) is 24.2 Å². The third-order valence-corrected chi connectivity index (χ3v) is 4.43. The number of rotatable bonds is 9. The average Bonchev–Trinajstić information content (AvgIpc) is 2.99. The third-order valence-electron chi connectivity index (χ3n) is 4.43. The zero-order chi connectivity index (χ0) is 20.8. The number of alkyl halides is 2. The molecule has 0 aliphatic carbocycles. The fourth-order valence-corrected chi connectivity index (χ4v) is 3.14. The van der Waals surface area contributed by atoms with Crippen LogP contribution in [0.3, 0.4) is 0 Å². The first-order chi connectivity index (χ1) is 12.5. The highest BCUT2D eigenvalue weighted by atomic mass is 19.3. The van der Waals surface area contributed by atoms with Gasteiger partial charge in [0.1, 0.15) is 11.9 Å². The van der Waals surface area contributed by atoms with Gasteiger partial charge in [0.15, 0.2) is 0 Å². The van der Waals surface area contributed by atoms with Gasteiger partial charge in [0.2, 0.25) is 0 Å². The Morgan fingerprint density at radius 2 is 2.04 bits per heavy atom. The number of halogens is 2. The van der Waals surface area contributed by atoms with Crippen molar-refractivity contribution >= 4 is 5.84 Å². The number of hydrazine groups is 1. The van der Waals surface area contributed by atoms with Crippen LogP contribution in [0.25, 0.3) is 0 Å². The molecule has 1 aromatic rings. The largest absolute Gasteiger partial charge is 0.292 e. The molecule has 2 atom stereocenters. The number of aliphatic imine (C=N–C) groups is 1. The van der Waals surface area contributed by atoms with Crippen molar-refractivity contribution in [1.82, 2.24) is 14.8 Å². The van der Waals surface area contributed by atoms with Crippen LogP contribution < -0.4 is 5.84 Å². The van der Waals surface area contributed by atoms with Gasteiger partial charge in [0.25, 0.3) is 5.92 Å². The molecule has 1 aromatic heterocycles. The molecule has 1 heterocycles. The van der Waals surface area contributed by atoms with E-state index in [1.54, 1.807) is 6.20 Å². The quantitative estimate of drug-likeness (QED) is 0.303. The predicted octanol–water partition coefficient (Wildman–Crippen LogP) is 3.93. The predicted molar refractivity (Wildman–Crippen MR) is 104 cm³/mol. The van der Waals surface area contributed by atoms with Crippen LogP contribution in [-0.2, 0) is 6.42 Å². The number of nitriles is 1. The van der Waals surface area contributed by atoms with Crippen molar-refractivity contribution in [2.75, 3.05) is 6.54 Å². The highest BCUT2D eigenvalue weighted by Gasteiger charge is 2.27. The molecule has 0 aliphatic heterocycles. The van der Waals surface area contributed by atoms with Gasteiger partial charge in [-0.15, -0.1) is 0 Å². The van der Waals surface area contributed by atoms with Crippen LogP contribution in [0.2, 0.25) is 0 Å². The molecule has 0 fully saturated rings. The number of hydrogen-bond donors (Lipinski definition) is 1. The Kier molecular flexibility index (Phi) is 8.35. The fourth-order valence-electron chi connectivity index (χ4n) is 3.14. The molecule has 2 unspecified atom stereocenters. The Labute approximate surface area is 161 Å². The molecule has 0 aromatic carbocycles. The molecule has 0 radical (unpaired) electrons. The van der Waals surface area contributed by atoms with Gasteiger partial charge in [0.05, 0.1) is 36.1 Å². The minimum absolute atomic E-state index is 0.0306. The summed E-state index contributed by atoms with van der Waals surface area (Å²) in [5.41, 5.74) is 1.49. The minimum atomic E-state index is -2.89. The van der Waals surface area contributed by atoms with Crippen LogP contribution in [0.1, 0.15) is 71.7 Å². The minimum Gasteiger partial charge on any atom is -0.292 e. The summed E-state index contributed by atoms with van der Waals surface area (Å²) >= 11 is 0. The average molecular weight is 383 g/mol. The lowest BCUT2D eigenvalue weighted by atomic mass is 10.0. The molecule has 0 amide bonds. The highest BCUT2D eigenvalue weighted by Crippen LogP contribution is 2.22. The Morgan fingerprint density at radius 1 is 1.41 bits per heavy atom. The smallest absolute Gasteiger partial charge is 0.264 e. The molecular weight excluding hydrogens is 350 g/mol. The summed E-state index contributed by atoms with van der Waals surface area (Å²) in [7, 11) is 0. The first-order valence-corrected chi connectivity index (χ1v) is 9.48. The van der Waals surface area contributed by atoms with Gasteiger partial charge in [-0.2, -0.15) is 10.4 Å². The normalized spacial score (nSPS) is 14.9. The van der Waals surface area contributed by atoms with Crippen molar-refractivity contribution < 1.29 is 8.78 Å². The SMILES string of the molecule is CCc1c(C#N)cnn1C(C)CC(CC)/N=C(/C(C)C)N(N)CC(C)(F)F. The number of nitrogens with two attached hydrogens (primary N) is 1. The van der Waals surface area contributed by atoms with E-state index in [4.69, 9.17) is 10.8 Å². The second-order valence-corrected chi connectivity index (χ2v) is 7.40. The summed E-state index contributed by atoms with van der Waals surface area (Å²) in [6.07, 6.45) is 3.74. The van der Waals surface area contributed by atoms with E-state index in [9.17, 15) is 14.0 Å². The van der Waals surface area contributed by atoms with Crippen molar-refractivity contribution in [2.45, 2.75) is 78.8 Å². The maximum absolute atomic E-state index is 13.4. The van der Waals surface area contributed by atoms with Crippen LogP contribution in [-0.4, -0.2) is 39.1 Å². The van der Waals surface area contributed by atoms with E-state index in [0.717, 1.165) is 24.0 Å². The Bertz CT molecular complexity index is 669. The molecule has 0 saturated heterocycles. The summed E-state index contributed by atoms with van der Waals surface area (Å²) in [4.78, 5) is 4.70. The lowest BCUT2D eigenvalue weighted by molar-refractivity contribution is 0.000512. The van der Waals surface area contributed by atoms with Crippen molar-refractivity contribution in [3.05, 3.63) is 17.5 Å². The maximum Gasteiger partial charge on any atom is 0.264 e. The monoisotopic (exact) mass is 382 g/mol. The maximum atomic E-state index is 13.4. The number of aromatic nitrogens is 2. The molecule has 152 valence electrons. The molecular formula is C19H32F2N6. The summed E-state index contributed by atoms with van der Waals surface area (Å²) in [6.45, 7) is 10.1. The Morgan fingerprint density at radius 3 is 2.48 bits per heavy atom. The van der Waals surface area contributed by atoms with Crippen LogP contribution in [0.15, 0.2) is 11.2 Å². The zero-order valence-electron chi connectivity index (χ0n) is 17.2. The molecule has 0 aliphatic rings. The Hall–Kier alpha value is -2.01. The highest BCUT2D eigenvalue weighted by molar-refractivity contribution is 5.83. The van der Waals surface area contributed by atoms with E-state index < -0.39 is 12.5 Å². The van der Waals surface area contributed by atoms with Crippen LogP contribution in [0.5, 0.6) is 0 Å². The van der Waals surface area contributed by atoms with Gasteiger partial charge in [-0.3, -0.25) is 14.7 Å². The summed E-state index contributed by atoms with van der Waals surface area (Å²) < 4.78 is 28.6. The van der Waals surface area contributed by atoms with E-state index >= 15 is 0 Å². The molecule has 6 nitrogen and oxygen atoms in total. The van der Waals surface area contributed by atoms with Crippen molar-refractivity contribution in [2.24, 2.45) is 16.8 Å². The number of amidine groups is 1. The van der Waals surface area contributed by atoms with Crippen LogP contribution >= 0.6 is 0 Å². The van der Waals surface area contributed by atoms with Crippen molar-refractivity contribution in [3.63, 3.8) is 0 Å². The van der Waals surface area contributed by atoms with Gasteiger partial charge in [-0.05, 0) is 26.2 Å². The van der Waals surface area contributed by atoms with Gasteiger partial charge < -0.3 is 0 Å². The van der Waals surface area contributed by atoms with Gasteiger partial charge in [0, 0.05) is 12.8 Å². The van der Waals surface area contributed by atoms with E-state index in [1.807, 2.05) is 39.3 Å². The molecule has 27 heavy (non-hydrogen) atoms. The molecule has 8 heteroatoms. The standard InChI is InChI=1S/C19H32F2N6/c1-7-16(25-18(13(3)4)26(23)12-19(6,20)21)9-14(5)27-17(8-2)15(10-22)11-24-27/h11,13-14,16H,7-9,12,23H2,1-6H3/b25-18-. The van der Waals surface area contributed by atoms with Crippen molar-refractivity contribution in [1.29, 1.82) is 5.26 Å². The lowest BCUT2D eigenvalue weighted by Gasteiger charge is -2.28. The van der Waals surface area contributed by atoms with E-state index in [2.05, 4.69) is 11.2 Å². The van der Waals surface area contributed by atoms with E-state index in [1.165, 1.54) is 0 Å².